The molecule has 0 fully saturated rings. The van der Waals surface area contributed by atoms with Gasteiger partial charge in [-0.3, -0.25) is 0 Å². The average Bonchev–Trinajstić information content (AvgIpc) is 2.20. The summed E-state index contributed by atoms with van der Waals surface area (Å²) in [5.41, 5.74) is -0.147. The van der Waals surface area contributed by atoms with Crippen molar-refractivity contribution in [3.8, 4) is 0 Å². The molecule has 0 aromatic carbocycles. The minimum Gasteiger partial charge on any atom is -0.394 e. The third-order valence-corrected chi connectivity index (χ3v) is 1.80. The smallest absolute Gasteiger partial charge is 0.162 e. The molecule has 0 aliphatic carbocycles. The molecule has 1 atom stereocenters. The van der Waals surface area contributed by atoms with E-state index in [2.05, 4.69) is 0 Å². The molecule has 0 aromatic rings. The zero-order valence-corrected chi connectivity index (χ0v) is 10.4. The predicted molar refractivity (Wildman–Crippen MR) is 60.1 cm³/mol. The summed E-state index contributed by atoms with van der Waals surface area (Å²) in [6, 6.07) is 0. The van der Waals surface area contributed by atoms with Gasteiger partial charge >= 0.3 is 0 Å². The predicted octanol–water partition coefficient (Wildman–Crippen LogP) is 0.393. The van der Waals surface area contributed by atoms with Gasteiger partial charge in [-0.25, -0.2) is 0 Å². The fraction of sp³-hybridized carbons (Fsp3) is 1.00. The number of aliphatic hydroxyl groups is 2. The van der Waals surface area contributed by atoms with Gasteiger partial charge < -0.3 is 24.4 Å². The summed E-state index contributed by atoms with van der Waals surface area (Å²) in [4.78, 5) is 0. The van der Waals surface area contributed by atoms with Gasteiger partial charge in [0.05, 0.1) is 39.6 Å². The monoisotopic (exact) mass is 236 g/mol. The molecule has 0 radical (unpaired) electrons. The number of hydrogen-bond acceptors (Lipinski definition) is 5. The van der Waals surface area contributed by atoms with Gasteiger partial charge in [0.15, 0.2) is 6.29 Å². The van der Waals surface area contributed by atoms with Crippen molar-refractivity contribution >= 4 is 0 Å². The van der Waals surface area contributed by atoms with Crippen molar-refractivity contribution in [1.29, 1.82) is 0 Å². The Morgan fingerprint density at radius 2 is 1.44 bits per heavy atom. The van der Waals surface area contributed by atoms with Gasteiger partial charge in [0, 0.05) is 5.41 Å². The summed E-state index contributed by atoms with van der Waals surface area (Å²) in [6.45, 7) is 7.43. The summed E-state index contributed by atoms with van der Waals surface area (Å²) in [5.74, 6) is 0. The first-order valence-electron chi connectivity index (χ1n) is 5.55. The summed E-state index contributed by atoms with van der Waals surface area (Å²) in [5, 5.41) is 17.2. The van der Waals surface area contributed by atoms with E-state index in [1.165, 1.54) is 0 Å². The van der Waals surface area contributed by atoms with Gasteiger partial charge in [-0.05, 0) is 0 Å². The quantitative estimate of drug-likeness (QED) is 0.448. The molecular formula is C11H24O5. The van der Waals surface area contributed by atoms with E-state index < -0.39 is 0 Å². The molecule has 0 saturated heterocycles. The highest BCUT2D eigenvalue weighted by Gasteiger charge is 2.25. The van der Waals surface area contributed by atoms with E-state index in [0.717, 1.165) is 0 Å². The standard InChI is InChI=1S/C11H24O5/c1-11(2,3)10(15-7-5-13)16-9-8-14-6-4-12/h10,12-13H,4-9H2,1-3H3. The lowest BCUT2D eigenvalue weighted by atomic mass is 9.96. The molecular weight excluding hydrogens is 212 g/mol. The van der Waals surface area contributed by atoms with Crippen LogP contribution >= 0.6 is 0 Å². The fourth-order valence-corrected chi connectivity index (χ4v) is 1.09. The Labute approximate surface area is 97.3 Å². The molecule has 5 nitrogen and oxygen atoms in total. The molecule has 1 unspecified atom stereocenters. The number of aliphatic hydroxyl groups excluding tert-OH is 2. The van der Waals surface area contributed by atoms with E-state index in [1.807, 2.05) is 20.8 Å². The second kappa shape index (κ2) is 8.90. The second-order valence-corrected chi connectivity index (χ2v) is 4.50. The average molecular weight is 236 g/mol. The molecule has 0 rings (SSSR count). The first-order valence-corrected chi connectivity index (χ1v) is 5.55. The Hall–Kier alpha value is -0.200. The Balaban J connectivity index is 3.75. The maximum atomic E-state index is 8.69. The highest BCUT2D eigenvalue weighted by atomic mass is 16.7. The van der Waals surface area contributed by atoms with Crippen molar-refractivity contribution in [2.45, 2.75) is 27.1 Å². The van der Waals surface area contributed by atoms with Gasteiger partial charge in [-0.1, -0.05) is 20.8 Å². The minimum atomic E-state index is -0.364. The highest BCUT2D eigenvalue weighted by Crippen LogP contribution is 2.23. The van der Waals surface area contributed by atoms with Crippen LogP contribution in [0.25, 0.3) is 0 Å². The van der Waals surface area contributed by atoms with Crippen LogP contribution in [-0.4, -0.2) is 56.1 Å². The lowest BCUT2D eigenvalue weighted by Gasteiger charge is -2.30. The van der Waals surface area contributed by atoms with Crippen LogP contribution in [0.15, 0.2) is 0 Å². The number of rotatable bonds is 9. The van der Waals surface area contributed by atoms with Crippen LogP contribution in [-0.2, 0) is 14.2 Å². The molecule has 0 aliphatic heterocycles. The summed E-state index contributed by atoms with van der Waals surface area (Å²) >= 11 is 0. The molecule has 0 saturated carbocycles. The molecule has 0 aromatic heterocycles. The lowest BCUT2D eigenvalue weighted by molar-refractivity contribution is -0.203. The van der Waals surface area contributed by atoms with Crippen molar-refractivity contribution in [2.24, 2.45) is 5.41 Å². The Kier molecular flexibility index (Phi) is 8.78. The highest BCUT2D eigenvalue weighted by molar-refractivity contribution is 4.66. The van der Waals surface area contributed by atoms with Crippen LogP contribution in [0.3, 0.4) is 0 Å². The lowest BCUT2D eigenvalue weighted by Crippen LogP contribution is -2.34. The van der Waals surface area contributed by atoms with Gasteiger partial charge in [-0.15, -0.1) is 0 Å². The molecule has 98 valence electrons. The van der Waals surface area contributed by atoms with Gasteiger partial charge in [0.2, 0.25) is 0 Å². The third-order valence-electron chi connectivity index (χ3n) is 1.80. The van der Waals surface area contributed by atoms with Crippen molar-refractivity contribution in [3.05, 3.63) is 0 Å². The maximum Gasteiger partial charge on any atom is 0.162 e. The van der Waals surface area contributed by atoms with Crippen LogP contribution < -0.4 is 0 Å². The molecule has 16 heavy (non-hydrogen) atoms. The number of hydrogen-bond donors (Lipinski definition) is 2. The van der Waals surface area contributed by atoms with Crippen molar-refractivity contribution in [2.75, 3.05) is 39.6 Å². The van der Waals surface area contributed by atoms with Crippen molar-refractivity contribution in [3.63, 3.8) is 0 Å². The van der Waals surface area contributed by atoms with Crippen LogP contribution in [0.5, 0.6) is 0 Å². The zero-order valence-electron chi connectivity index (χ0n) is 10.4. The Morgan fingerprint density at radius 3 is 1.94 bits per heavy atom. The SMILES string of the molecule is CC(C)(C)C(OCCO)OCCOCCO. The van der Waals surface area contributed by atoms with Crippen LogP contribution in [0, 0.1) is 5.41 Å². The molecule has 5 heteroatoms. The fourth-order valence-electron chi connectivity index (χ4n) is 1.09. The molecule has 0 bridgehead atoms. The Bertz CT molecular complexity index is 155. The van der Waals surface area contributed by atoms with Crippen LogP contribution in [0.4, 0.5) is 0 Å². The first-order chi connectivity index (χ1) is 7.52. The minimum absolute atomic E-state index is 0.0169. The van der Waals surface area contributed by atoms with Gasteiger partial charge in [0.1, 0.15) is 0 Å². The van der Waals surface area contributed by atoms with E-state index in [9.17, 15) is 0 Å². The topological polar surface area (TPSA) is 68.2 Å². The molecule has 2 N–H and O–H groups in total. The van der Waals surface area contributed by atoms with Crippen LogP contribution in [0.2, 0.25) is 0 Å². The second-order valence-electron chi connectivity index (χ2n) is 4.50. The summed E-state index contributed by atoms with van der Waals surface area (Å²) in [7, 11) is 0. The molecule has 0 amide bonds. The molecule has 0 aliphatic rings. The van der Waals surface area contributed by atoms with E-state index in [0.29, 0.717) is 19.8 Å². The van der Waals surface area contributed by atoms with E-state index in [1.54, 1.807) is 0 Å². The normalized spacial score (nSPS) is 14.1. The van der Waals surface area contributed by atoms with E-state index >= 15 is 0 Å². The third kappa shape index (κ3) is 8.01. The Morgan fingerprint density at radius 1 is 0.875 bits per heavy atom. The molecule has 0 heterocycles. The number of ether oxygens (including phenoxy) is 3. The van der Waals surface area contributed by atoms with Gasteiger partial charge in [-0.2, -0.15) is 0 Å². The van der Waals surface area contributed by atoms with E-state index in [4.69, 9.17) is 24.4 Å². The van der Waals surface area contributed by atoms with Gasteiger partial charge in [0.25, 0.3) is 0 Å². The first kappa shape index (κ1) is 15.8. The molecule has 0 spiro atoms. The maximum absolute atomic E-state index is 8.69. The summed E-state index contributed by atoms with van der Waals surface area (Å²) in [6.07, 6.45) is -0.364. The van der Waals surface area contributed by atoms with E-state index in [-0.39, 0.29) is 31.5 Å². The van der Waals surface area contributed by atoms with Crippen molar-refractivity contribution in [1.82, 2.24) is 0 Å². The van der Waals surface area contributed by atoms with Crippen molar-refractivity contribution < 1.29 is 24.4 Å². The summed E-state index contributed by atoms with van der Waals surface area (Å²) < 4.78 is 16.0. The zero-order chi connectivity index (χ0) is 12.4. The largest absolute Gasteiger partial charge is 0.394 e. The van der Waals surface area contributed by atoms with Crippen LogP contribution in [0.1, 0.15) is 20.8 Å².